The van der Waals surface area contributed by atoms with E-state index in [4.69, 9.17) is 4.74 Å². The van der Waals surface area contributed by atoms with E-state index in [2.05, 4.69) is 0 Å². The minimum absolute atomic E-state index is 0.146. The van der Waals surface area contributed by atoms with Crippen LogP contribution in [0.15, 0.2) is 0 Å². The lowest BCUT2D eigenvalue weighted by molar-refractivity contribution is -0.160. The monoisotopic (exact) mass is 159 g/mol. The number of hydrogen-bond acceptors (Lipinski definition) is 3. The SMILES string of the molecule is COC1C(=O)N2CCS[C@H]12. The van der Waals surface area contributed by atoms with Gasteiger partial charge in [0.1, 0.15) is 5.37 Å². The van der Waals surface area contributed by atoms with Crippen LogP contribution in [0.5, 0.6) is 0 Å². The molecule has 1 amide bonds. The molecule has 0 N–H and O–H groups in total. The first-order chi connectivity index (χ1) is 4.84. The highest BCUT2D eigenvalue weighted by Gasteiger charge is 2.50. The summed E-state index contributed by atoms with van der Waals surface area (Å²) in [4.78, 5) is 12.9. The van der Waals surface area contributed by atoms with Crippen LogP contribution < -0.4 is 0 Å². The average molecular weight is 159 g/mol. The second-order valence-corrected chi connectivity index (χ2v) is 3.67. The first kappa shape index (κ1) is 6.49. The number of β-lactam (4-membered cyclic amide) rings is 1. The van der Waals surface area contributed by atoms with Crippen molar-refractivity contribution in [3.8, 4) is 0 Å². The molecule has 2 rings (SSSR count). The summed E-state index contributed by atoms with van der Waals surface area (Å²) in [6.07, 6.45) is -0.146. The highest BCUT2D eigenvalue weighted by Crippen LogP contribution is 2.36. The molecule has 10 heavy (non-hydrogen) atoms. The number of fused-ring (bicyclic) bond motifs is 1. The molecule has 0 spiro atoms. The third kappa shape index (κ3) is 0.632. The molecule has 56 valence electrons. The number of hydrogen-bond donors (Lipinski definition) is 0. The number of methoxy groups -OCH3 is 1. The summed E-state index contributed by atoms with van der Waals surface area (Å²) in [6, 6.07) is 0. The van der Waals surface area contributed by atoms with Gasteiger partial charge in [0.2, 0.25) is 0 Å². The smallest absolute Gasteiger partial charge is 0.255 e. The van der Waals surface area contributed by atoms with E-state index in [9.17, 15) is 4.79 Å². The Morgan fingerprint density at radius 1 is 1.80 bits per heavy atom. The van der Waals surface area contributed by atoms with Crippen LogP contribution in [-0.2, 0) is 9.53 Å². The van der Waals surface area contributed by atoms with E-state index in [1.165, 1.54) is 0 Å². The molecule has 2 aliphatic rings. The van der Waals surface area contributed by atoms with Crippen LogP contribution in [0.25, 0.3) is 0 Å². The fraction of sp³-hybridized carbons (Fsp3) is 0.833. The summed E-state index contributed by atoms with van der Waals surface area (Å²) in [7, 11) is 1.60. The van der Waals surface area contributed by atoms with Gasteiger partial charge in [0, 0.05) is 19.4 Å². The summed E-state index contributed by atoms with van der Waals surface area (Å²) >= 11 is 1.81. The minimum atomic E-state index is -0.146. The summed E-state index contributed by atoms with van der Waals surface area (Å²) < 4.78 is 5.00. The van der Waals surface area contributed by atoms with Crippen molar-refractivity contribution in [1.29, 1.82) is 0 Å². The van der Waals surface area contributed by atoms with Crippen molar-refractivity contribution in [2.45, 2.75) is 11.5 Å². The zero-order valence-corrected chi connectivity index (χ0v) is 6.56. The number of rotatable bonds is 1. The van der Waals surface area contributed by atoms with Gasteiger partial charge in [0.25, 0.3) is 5.91 Å². The van der Waals surface area contributed by atoms with E-state index in [1.807, 2.05) is 16.7 Å². The normalized spacial score (nSPS) is 37.7. The van der Waals surface area contributed by atoms with E-state index in [0.717, 1.165) is 12.3 Å². The highest BCUT2D eigenvalue weighted by molar-refractivity contribution is 8.00. The van der Waals surface area contributed by atoms with Gasteiger partial charge in [-0.25, -0.2) is 0 Å². The first-order valence-electron chi connectivity index (χ1n) is 3.29. The molecule has 2 saturated heterocycles. The molecular weight excluding hydrogens is 150 g/mol. The van der Waals surface area contributed by atoms with Crippen LogP contribution in [0.3, 0.4) is 0 Å². The Morgan fingerprint density at radius 2 is 2.60 bits per heavy atom. The molecular formula is C6H9NO2S. The highest BCUT2D eigenvalue weighted by atomic mass is 32.2. The number of ether oxygens (including phenoxy) is 1. The number of amides is 1. The average Bonchev–Trinajstić information content (AvgIpc) is 2.33. The Balaban J connectivity index is 2.08. The molecule has 2 fully saturated rings. The lowest BCUT2D eigenvalue weighted by Crippen LogP contribution is -2.61. The van der Waals surface area contributed by atoms with Crippen LogP contribution in [0.1, 0.15) is 0 Å². The molecule has 1 unspecified atom stereocenters. The first-order valence-corrected chi connectivity index (χ1v) is 4.34. The second-order valence-electron chi connectivity index (χ2n) is 2.45. The minimum Gasteiger partial charge on any atom is -0.368 e. The zero-order chi connectivity index (χ0) is 7.14. The Morgan fingerprint density at radius 3 is 3.30 bits per heavy atom. The Labute approximate surface area is 63.7 Å². The Hall–Kier alpha value is -0.220. The topological polar surface area (TPSA) is 29.5 Å². The second kappa shape index (κ2) is 2.13. The van der Waals surface area contributed by atoms with E-state index in [1.54, 1.807) is 7.11 Å². The van der Waals surface area contributed by atoms with E-state index < -0.39 is 0 Å². The number of nitrogens with zero attached hydrogens (tertiary/aromatic N) is 1. The molecule has 0 aromatic carbocycles. The fourth-order valence-electron chi connectivity index (χ4n) is 1.40. The van der Waals surface area contributed by atoms with Crippen LogP contribution in [0.4, 0.5) is 0 Å². The van der Waals surface area contributed by atoms with Crippen molar-refractivity contribution >= 4 is 17.7 Å². The quantitative estimate of drug-likeness (QED) is 0.501. The van der Waals surface area contributed by atoms with Crippen molar-refractivity contribution in [1.82, 2.24) is 4.90 Å². The predicted octanol–water partition coefficient (Wildman–Crippen LogP) is -0.0835. The van der Waals surface area contributed by atoms with Gasteiger partial charge in [-0.3, -0.25) is 4.79 Å². The van der Waals surface area contributed by atoms with Crippen molar-refractivity contribution in [2.24, 2.45) is 0 Å². The third-order valence-electron chi connectivity index (χ3n) is 1.97. The van der Waals surface area contributed by atoms with E-state index in [0.29, 0.717) is 5.37 Å². The van der Waals surface area contributed by atoms with Gasteiger partial charge in [0.05, 0.1) is 0 Å². The standard InChI is InChI=1S/C6H9NO2S/c1-9-4-5(8)7-2-3-10-6(4)7/h4,6H,2-3H2,1H3/t4?,6-/m1/s1. The van der Waals surface area contributed by atoms with Crippen LogP contribution in [0, 0.1) is 0 Å². The Kier molecular flexibility index (Phi) is 1.38. The number of thioether (sulfide) groups is 1. The van der Waals surface area contributed by atoms with Gasteiger partial charge in [-0.15, -0.1) is 11.8 Å². The summed E-state index contributed by atoms with van der Waals surface area (Å²) in [5, 5.41) is 0.331. The molecule has 2 aliphatic heterocycles. The fourth-order valence-corrected chi connectivity index (χ4v) is 2.73. The number of carbonyl (C=O) groups is 1. The third-order valence-corrected chi connectivity index (χ3v) is 3.23. The molecule has 2 atom stereocenters. The maximum Gasteiger partial charge on any atom is 0.255 e. The van der Waals surface area contributed by atoms with Crippen molar-refractivity contribution in [2.75, 3.05) is 19.4 Å². The molecule has 3 nitrogen and oxygen atoms in total. The molecule has 0 aromatic heterocycles. The van der Waals surface area contributed by atoms with Crippen LogP contribution >= 0.6 is 11.8 Å². The van der Waals surface area contributed by atoms with Crippen molar-refractivity contribution in [3.05, 3.63) is 0 Å². The largest absolute Gasteiger partial charge is 0.368 e. The number of carbonyl (C=O) groups excluding carboxylic acids is 1. The molecule has 0 aromatic rings. The van der Waals surface area contributed by atoms with Gasteiger partial charge in [-0.2, -0.15) is 0 Å². The summed E-state index contributed by atoms with van der Waals surface area (Å²) in [6.45, 7) is 0.911. The van der Waals surface area contributed by atoms with Gasteiger partial charge < -0.3 is 9.64 Å². The van der Waals surface area contributed by atoms with Crippen LogP contribution in [-0.4, -0.2) is 41.7 Å². The lowest BCUT2D eigenvalue weighted by atomic mass is 10.1. The molecule has 2 heterocycles. The van der Waals surface area contributed by atoms with E-state index in [-0.39, 0.29) is 12.0 Å². The van der Waals surface area contributed by atoms with Gasteiger partial charge in [-0.1, -0.05) is 0 Å². The maximum atomic E-state index is 11.1. The van der Waals surface area contributed by atoms with Crippen LogP contribution in [0.2, 0.25) is 0 Å². The maximum absolute atomic E-state index is 11.1. The molecule has 0 radical (unpaired) electrons. The molecule has 4 heteroatoms. The van der Waals surface area contributed by atoms with Crippen molar-refractivity contribution < 1.29 is 9.53 Å². The van der Waals surface area contributed by atoms with Gasteiger partial charge >= 0.3 is 0 Å². The zero-order valence-electron chi connectivity index (χ0n) is 5.74. The summed E-state index contributed by atoms with van der Waals surface area (Å²) in [5.41, 5.74) is 0. The predicted molar refractivity (Wildman–Crippen MR) is 38.8 cm³/mol. The molecule has 0 aliphatic carbocycles. The molecule has 0 bridgehead atoms. The summed E-state index contributed by atoms with van der Waals surface area (Å²) in [5.74, 6) is 1.23. The lowest BCUT2D eigenvalue weighted by Gasteiger charge is -2.40. The van der Waals surface area contributed by atoms with Crippen molar-refractivity contribution in [3.63, 3.8) is 0 Å². The van der Waals surface area contributed by atoms with Gasteiger partial charge in [-0.05, 0) is 0 Å². The molecule has 0 saturated carbocycles. The van der Waals surface area contributed by atoms with Gasteiger partial charge in [0.15, 0.2) is 6.10 Å². The Bertz CT molecular complexity index is 173. The van der Waals surface area contributed by atoms with E-state index >= 15 is 0 Å².